The highest BCUT2D eigenvalue weighted by atomic mass is 32.2. The van der Waals surface area contributed by atoms with Crippen molar-refractivity contribution in [2.45, 2.75) is 9.79 Å². The largest absolute Gasteiger partial charge is 0.311 e. The fourth-order valence-electron chi connectivity index (χ4n) is 7.53. The Kier molecular flexibility index (Phi) is 6.46. The van der Waals surface area contributed by atoms with Crippen LogP contribution in [0.4, 0.5) is 17.1 Å². The molecule has 0 radical (unpaired) electrons. The molecule has 2 heterocycles. The van der Waals surface area contributed by atoms with Crippen LogP contribution in [0.2, 0.25) is 0 Å². The molecule has 8 aromatic carbocycles. The summed E-state index contributed by atoms with van der Waals surface area (Å²) in [5.41, 5.74) is 12.0. The molecule has 0 amide bonds. The molecular weight excluding hydrogens is 613 g/mol. The lowest BCUT2D eigenvalue weighted by Crippen LogP contribution is -2.09. The molecule has 0 fully saturated rings. The van der Waals surface area contributed by atoms with Gasteiger partial charge in [0.05, 0.1) is 11.0 Å². The predicted molar refractivity (Wildman–Crippen MR) is 208 cm³/mol. The molecule has 0 bridgehead atoms. The lowest BCUT2D eigenvalue weighted by Gasteiger charge is -2.25. The Balaban J connectivity index is 1.08. The van der Waals surface area contributed by atoms with Gasteiger partial charge in [-0.15, -0.1) is 0 Å². The number of benzene rings is 8. The van der Waals surface area contributed by atoms with Crippen LogP contribution < -0.4 is 4.90 Å². The van der Waals surface area contributed by atoms with E-state index in [2.05, 4.69) is 191 Å². The van der Waals surface area contributed by atoms with Gasteiger partial charge >= 0.3 is 0 Å². The van der Waals surface area contributed by atoms with Crippen molar-refractivity contribution in [2.24, 2.45) is 0 Å². The maximum absolute atomic E-state index is 2.40. The van der Waals surface area contributed by atoms with E-state index in [0.29, 0.717) is 0 Å². The fourth-order valence-corrected chi connectivity index (χ4v) is 8.65. The first-order chi connectivity index (χ1) is 24.3. The molecule has 0 atom stereocenters. The highest BCUT2D eigenvalue weighted by molar-refractivity contribution is 7.99. The molecule has 9 aromatic rings. The van der Waals surface area contributed by atoms with Crippen LogP contribution in [0, 0.1) is 0 Å². The van der Waals surface area contributed by atoms with Gasteiger partial charge in [-0.2, -0.15) is 0 Å². The van der Waals surface area contributed by atoms with E-state index in [9.17, 15) is 0 Å². The second kappa shape index (κ2) is 11.3. The number of para-hydroxylation sites is 3. The van der Waals surface area contributed by atoms with E-state index in [1.54, 1.807) is 0 Å². The minimum atomic E-state index is 1.12. The Hall–Kier alpha value is -6.03. The van der Waals surface area contributed by atoms with Gasteiger partial charge in [0.15, 0.2) is 0 Å². The molecule has 0 saturated carbocycles. The Morgan fingerprint density at radius 2 is 1.04 bits per heavy atom. The highest BCUT2D eigenvalue weighted by Crippen LogP contribution is 2.49. The van der Waals surface area contributed by atoms with Gasteiger partial charge in [-0.3, -0.25) is 0 Å². The van der Waals surface area contributed by atoms with Crippen LogP contribution in [0.15, 0.2) is 192 Å². The van der Waals surface area contributed by atoms with Crippen molar-refractivity contribution in [3.8, 4) is 27.9 Å². The predicted octanol–water partition coefficient (Wildman–Crippen LogP) is 13.2. The fraction of sp³-hybridized carbons (Fsp3) is 0. The van der Waals surface area contributed by atoms with Gasteiger partial charge in [-0.25, -0.2) is 0 Å². The van der Waals surface area contributed by atoms with Crippen LogP contribution in [-0.4, -0.2) is 4.57 Å². The smallest absolute Gasteiger partial charge is 0.0541 e. The molecule has 230 valence electrons. The number of rotatable bonds is 5. The van der Waals surface area contributed by atoms with Gasteiger partial charge in [-0.1, -0.05) is 109 Å². The maximum atomic E-state index is 2.40. The Bertz CT molecular complexity index is 2630. The molecule has 0 unspecified atom stereocenters. The van der Waals surface area contributed by atoms with E-state index < -0.39 is 0 Å². The lowest BCUT2D eigenvalue weighted by molar-refractivity contribution is 1.17. The molecule has 1 aliphatic rings. The zero-order valence-electron chi connectivity index (χ0n) is 26.6. The monoisotopic (exact) mass is 642 g/mol. The normalized spacial score (nSPS) is 12.0. The van der Waals surface area contributed by atoms with Gasteiger partial charge < -0.3 is 9.47 Å². The topological polar surface area (TPSA) is 8.17 Å². The van der Waals surface area contributed by atoms with Crippen molar-refractivity contribution in [2.75, 3.05) is 4.90 Å². The molecule has 1 aromatic heterocycles. The van der Waals surface area contributed by atoms with Crippen molar-refractivity contribution in [3.05, 3.63) is 182 Å². The molecule has 0 N–H and O–H groups in total. The molecule has 2 nitrogen and oxygen atoms in total. The van der Waals surface area contributed by atoms with Crippen LogP contribution in [0.25, 0.3) is 60.5 Å². The quantitative estimate of drug-likeness (QED) is 0.185. The summed E-state index contributed by atoms with van der Waals surface area (Å²) in [5, 5.41) is 5.17. The Labute approximate surface area is 289 Å². The summed E-state index contributed by atoms with van der Waals surface area (Å²) in [4.78, 5) is 4.95. The van der Waals surface area contributed by atoms with Gasteiger partial charge in [0.2, 0.25) is 0 Å². The Morgan fingerprint density at radius 3 is 1.82 bits per heavy atom. The lowest BCUT2D eigenvalue weighted by atomic mass is 9.94. The zero-order valence-corrected chi connectivity index (χ0v) is 27.4. The van der Waals surface area contributed by atoms with Crippen molar-refractivity contribution in [1.82, 2.24) is 4.57 Å². The molecule has 0 saturated heterocycles. The van der Waals surface area contributed by atoms with E-state index in [1.165, 1.54) is 64.6 Å². The summed E-state index contributed by atoms with van der Waals surface area (Å²) in [6.07, 6.45) is 0. The van der Waals surface area contributed by atoms with Crippen molar-refractivity contribution >= 4 is 61.4 Å². The molecular formula is C46H30N2S. The third kappa shape index (κ3) is 4.58. The molecule has 1 aliphatic heterocycles. The van der Waals surface area contributed by atoms with Crippen molar-refractivity contribution in [3.63, 3.8) is 0 Å². The van der Waals surface area contributed by atoms with Crippen molar-refractivity contribution in [1.29, 1.82) is 0 Å². The third-order valence-corrected chi connectivity index (χ3v) is 10.9. The second-order valence-electron chi connectivity index (χ2n) is 12.6. The first-order valence-corrected chi connectivity index (χ1v) is 17.5. The van der Waals surface area contributed by atoms with Crippen LogP contribution in [0.3, 0.4) is 0 Å². The van der Waals surface area contributed by atoms with Crippen LogP contribution in [0.5, 0.6) is 0 Å². The SMILES string of the molecule is c1ccc(N(c2ccccc2)c2ccc(-n3c4ccccc4c4cc(-c5ccc6c(c5)-c5cccc7cccc(c57)S6)ccc43)cc2)cc1. The first kappa shape index (κ1) is 28.0. The number of aromatic nitrogens is 1. The number of fused-ring (bicyclic) bond motifs is 5. The van der Waals surface area contributed by atoms with E-state index in [1.807, 2.05) is 11.8 Å². The molecule has 3 heteroatoms. The number of nitrogens with zero attached hydrogens (tertiary/aromatic N) is 2. The summed E-state index contributed by atoms with van der Waals surface area (Å²) >= 11 is 1.88. The number of hydrogen-bond donors (Lipinski definition) is 0. The Morgan fingerprint density at radius 1 is 0.408 bits per heavy atom. The number of anilines is 3. The van der Waals surface area contributed by atoms with Gasteiger partial charge in [-0.05, 0) is 113 Å². The zero-order chi connectivity index (χ0) is 32.3. The minimum absolute atomic E-state index is 1.12. The summed E-state index contributed by atoms with van der Waals surface area (Å²) in [6, 6.07) is 66.1. The standard InChI is InChI=1S/C46H30N2S/c1-3-13-34(14-4-1)47(35-15-5-2-6-16-35)36-23-25-37(26-24-36)48-42-19-8-7-17-38(42)40-29-32(21-27-43(40)48)33-22-28-44-41(30-33)39-18-9-11-31-12-10-20-45(49-44)46(31)39/h1-30H. The van der Waals surface area contributed by atoms with E-state index in [0.717, 1.165) is 22.7 Å². The van der Waals surface area contributed by atoms with Gasteiger partial charge in [0.1, 0.15) is 0 Å². The van der Waals surface area contributed by atoms with Gasteiger partial charge in [0, 0.05) is 48.7 Å². The van der Waals surface area contributed by atoms with Gasteiger partial charge in [0.25, 0.3) is 0 Å². The summed E-state index contributed by atoms with van der Waals surface area (Å²) in [5.74, 6) is 0. The maximum Gasteiger partial charge on any atom is 0.0541 e. The average molecular weight is 643 g/mol. The summed E-state index contributed by atoms with van der Waals surface area (Å²) in [7, 11) is 0. The van der Waals surface area contributed by atoms with Crippen molar-refractivity contribution < 1.29 is 0 Å². The average Bonchev–Trinajstić information content (AvgIpc) is 3.50. The number of hydrogen-bond acceptors (Lipinski definition) is 2. The van der Waals surface area contributed by atoms with E-state index in [-0.39, 0.29) is 0 Å². The molecule has 10 rings (SSSR count). The van der Waals surface area contributed by atoms with Crippen LogP contribution in [0.1, 0.15) is 0 Å². The van der Waals surface area contributed by atoms with Crippen LogP contribution in [-0.2, 0) is 0 Å². The minimum Gasteiger partial charge on any atom is -0.311 e. The van der Waals surface area contributed by atoms with E-state index in [4.69, 9.17) is 0 Å². The third-order valence-electron chi connectivity index (χ3n) is 9.76. The molecule has 49 heavy (non-hydrogen) atoms. The van der Waals surface area contributed by atoms with E-state index >= 15 is 0 Å². The summed E-state index contributed by atoms with van der Waals surface area (Å²) in [6.45, 7) is 0. The molecule has 0 aliphatic carbocycles. The molecule has 0 spiro atoms. The second-order valence-corrected chi connectivity index (χ2v) is 13.7. The summed E-state index contributed by atoms with van der Waals surface area (Å²) < 4.78 is 2.40. The highest BCUT2D eigenvalue weighted by Gasteiger charge is 2.20. The first-order valence-electron chi connectivity index (χ1n) is 16.7. The van der Waals surface area contributed by atoms with Crippen LogP contribution >= 0.6 is 11.8 Å².